The summed E-state index contributed by atoms with van der Waals surface area (Å²) in [6, 6.07) is 8.99. The van der Waals surface area contributed by atoms with Crippen LogP contribution >= 0.6 is 0 Å². The second-order valence-electron chi connectivity index (χ2n) is 4.73. The molecule has 0 bridgehead atoms. The molecule has 0 unspecified atom stereocenters. The Morgan fingerprint density at radius 1 is 0.900 bits per heavy atom. The molecule has 20 heavy (non-hydrogen) atoms. The maximum atomic E-state index is 3.87. The highest BCUT2D eigenvalue weighted by molar-refractivity contribution is 5.91. The lowest BCUT2D eigenvalue weighted by molar-refractivity contribution is 0.989. The Bertz CT molecular complexity index is 672. The molecule has 0 nitrogen and oxygen atoms in total. The average molecular weight is 262 g/mol. The van der Waals surface area contributed by atoms with Crippen LogP contribution in [-0.4, -0.2) is 0 Å². The van der Waals surface area contributed by atoms with E-state index in [1.807, 2.05) is 26.0 Å². The van der Waals surface area contributed by atoms with Gasteiger partial charge >= 0.3 is 0 Å². The van der Waals surface area contributed by atoms with Gasteiger partial charge in [0.05, 0.1) is 0 Å². The Balaban J connectivity index is 0.000000704. The highest BCUT2D eigenvalue weighted by Crippen LogP contribution is 2.28. The lowest BCUT2D eigenvalue weighted by Crippen LogP contribution is -1.94. The molecule has 1 aliphatic rings. The third kappa shape index (κ3) is 2.60. The van der Waals surface area contributed by atoms with Gasteiger partial charge in [-0.3, -0.25) is 0 Å². The Kier molecular flexibility index (Phi) is 4.57. The highest BCUT2D eigenvalue weighted by Gasteiger charge is 2.07. The Labute approximate surface area is 122 Å². The van der Waals surface area contributed by atoms with Crippen LogP contribution < -0.4 is 0 Å². The number of aryl methyl sites for hydroxylation is 1. The zero-order valence-electron chi connectivity index (χ0n) is 12.4. The largest absolute Gasteiger partial charge is 0.0984 e. The van der Waals surface area contributed by atoms with Crippen molar-refractivity contribution >= 4 is 29.0 Å². The van der Waals surface area contributed by atoms with Gasteiger partial charge in [-0.25, -0.2) is 0 Å². The van der Waals surface area contributed by atoms with Crippen molar-refractivity contribution in [1.29, 1.82) is 0 Å². The summed E-state index contributed by atoms with van der Waals surface area (Å²) in [6.07, 6.45) is 10.6. The van der Waals surface area contributed by atoms with Crippen LogP contribution in [0.15, 0.2) is 43.5 Å². The predicted octanol–water partition coefficient (Wildman–Crippen LogP) is 6.11. The normalized spacial score (nSPS) is 12.3. The fraction of sp³-hybridized carbons (Fsp3) is 0.200. The zero-order valence-corrected chi connectivity index (χ0v) is 12.4. The van der Waals surface area contributed by atoms with E-state index in [1.165, 1.54) is 21.9 Å². The van der Waals surface area contributed by atoms with Crippen molar-refractivity contribution < 1.29 is 0 Å². The molecule has 0 spiro atoms. The first-order valence-electron chi connectivity index (χ1n) is 7.34. The number of hydrogen-bond donors (Lipinski definition) is 0. The molecule has 0 N–H and O–H groups in total. The molecule has 2 aromatic rings. The van der Waals surface area contributed by atoms with Gasteiger partial charge in [0.25, 0.3) is 0 Å². The highest BCUT2D eigenvalue weighted by atomic mass is 14.1. The van der Waals surface area contributed by atoms with Crippen LogP contribution in [0.1, 0.15) is 42.5 Å². The van der Waals surface area contributed by atoms with E-state index in [-0.39, 0.29) is 0 Å². The molecule has 0 atom stereocenters. The molecule has 0 fully saturated rings. The van der Waals surface area contributed by atoms with E-state index < -0.39 is 0 Å². The van der Waals surface area contributed by atoms with E-state index in [1.54, 1.807) is 0 Å². The average Bonchev–Trinajstić information content (AvgIpc) is 2.53. The standard InChI is InChI=1S/C18H16.C2H6/c1-3-13-9-17-11-15-7-5-6-8-16(15)12-18(17)10-14(13)4-2;1-2/h3-5,7,9-12H,1-2,6,8H2;1-2H3. The molecule has 0 heteroatoms. The number of rotatable bonds is 2. The van der Waals surface area contributed by atoms with Crippen molar-refractivity contribution in [2.24, 2.45) is 0 Å². The maximum absolute atomic E-state index is 3.87. The minimum absolute atomic E-state index is 1.15. The van der Waals surface area contributed by atoms with Crippen LogP contribution in [0.4, 0.5) is 0 Å². The van der Waals surface area contributed by atoms with E-state index >= 15 is 0 Å². The third-order valence-electron chi connectivity index (χ3n) is 3.62. The van der Waals surface area contributed by atoms with Crippen molar-refractivity contribution in [3.63, 3.8) is 0 Å². The van der Waals surface area contributed by atoms with E-state index in [9.17, 15) is 0 Å². The summed E-state index contributed by atoms with van der Waals surface area (Å²) in [6.45, 7) is 11.7. The van der Waals surface area contributed by atoms with E-state index in [4.69, 9.17) is 0 Å². The minimum atomic E-state index is 1.15. The molecule has 0 aromatic heterocycles. The van der Waals surface area contributed by atoms with Crippen LogP contribution in [0.5, 0.6) is 0 Å². The van der Waals surface area contributed by atoms with Crippen LogP contribution in [0, 0.1) is 0 Å². The number of fused-ring (bicyclic) bond motifs is 2. The van der Waals surface area contributed by atoms with Gasteiger partial charge in [-0.1, -0.05) is 57.4 Å². The first-order chi connectivity index (χ1) is 9.81. The molecular weight excluding hydrogens is 240 g/mol. The lowest BCUT2D eigenvalue weighted by atomic mass is 9.92. The topological polar surface area (TPSA) is 0 Å². The third-order valence-corrected chi connectivity index (χ3v) is 3.62. The van der Waals surface area contributed by atoms with Crippen molar-refractivity contribution in [3.8, 4) is 0 Å². The van der Waals surface area contributed by atoms with Crippen molar-refractivity contribution in [2.75, 3.05) is 0 Å². The van der Waals surface area contributed by atoms with Gasteiger partial charge in [-0.2, -0.15) is 0 Å². The van der Waals surface area contributed by atoms with Gasteiger partial charge in [0.15, 0.2) is 0 Å². The Morgan fingerprint density at radius 3 is 2.10 bits per heavy atom. The van der Waals surface area contributed by atoms with Gasteiger partial charge in [-0.15, -0.1) is 0 Å². The molecule has 0 heterocycles. The summed E-state index contributed by atoms with van der Waals surface area (Å²) in [4.78, 5) is 0. The summed E-state index contributed by atoms with van der Waals surface area (Å²) in [5.41, 5.74) is 5.11. The Morgan fingerprint density at radius 2 is 1.50 bits per heavy atom. The fourth-order valence-electron chi connectivity index (χ4n) is 2.62. The van der Waals surface area contributed by atoms with Crippen LogP contribution in [0.2, 0.25) is 0 Å². The number of hydrogen-bond acceptors (Lipinski definition) is 0. The van der Waals surface area contributed by atoms with Crippen molar-refractivity contribution in [1.82, 2.24) is 0 Å². The molecule has 3 rings (SSSR count). The minimum Gasteiger partial charge on any atom is -0.0984 e. The van der Waals surface area contributed by atoms with Crippen LogP contribution in [-0.2, 0) is 6.42 Å². The second kappa shape index (κ2) is 6.38. The van der Waals surface area contributed by atoms with Crippen molar-refractivity contribution in [3.05, 3.63) is 65.8 Å². The summed E-state index contributed by atoms with van der Waals surface area (Å²) in [7, 11) is 0. The molecule has 1 aliphatic carbocycles. The van der Waals surface area contributed by atoms with Crippen LogP contribution in [0.3, 0.4) is 0 Å². The van der Waals surface area contributed by atoms with Gasteiger partial charge < -0.3 is 0 Å². The molecule has 0 saturated carbocycles. The first kappa shape index (κ1) is 14.3. The lowest BCUT2D eigenvalue weighted by Gasteiger charge is -2.13. The molecule has 0 amide bonds. The zero-order chi connectivity index (χ0) is 14.5. The van der Waals surface area contributed by atoms with Gasteiger partial charge in [0, 0.05) is 0 Å². The maximum Gasteiger partial charge on any atom is -0.0171 e. The molecule has 102 valence electrons. The molecule has 0 radical (unpaired) electrons. The second-order valence-corrected chi connectivity index (χ2v) is 4.73. The van der Waals surface area contributed by atoms with E-state index in [2.05, 4.69) is 49.6 Å². The van der Waals surface area contributed by atoms with E-state index in [0.29, 0.717) is 0 Å². The number of benzene rings is 2. The molecule has 0 aliphatic heterocycles. The smallest absolute Gasteiger partial charge is 0.0171 e. The van der Waals surface area contributed by atoms with Gasteiger partial charge in [0.2, 0.25) is 0 Å². The summed E-state index contributed by atoms with van der Waals surface area (Å²) >= 11 is 0. The molecule has 2 aromatic carbocycles. The monoisotopic (exact) mass is 262 g/mol. The number of allylic oxidation sites excluding steroid dienone is 1. The molecule has 0 saturated heterocycles. The summed E-state index contributed by atoms with van der Waals surface area (Å²) < 4.78 is 0. The van der Waals surface area contributed by atoms with E-state index in [0.717, 1.165) is 24.0 Å². The SMILES string of the molecule is C=Cc1cc2cc3c(cc2cc1C=C)CCC=C3.CC. The summed E-state index contributed by atoms with van der Waals surface area (Å²) in [5, 5.41) is 2.57. The predicted molar refractivity (Wildman–Crippen MR) is 92.8 cm³/mol. The quantitative estimate of drug-likeness (QED) is 0.612. The summed E-state index contributed by atoms with van der Waals surface area (Å²) in [5.74, 6) is 0. The van der Waals surface area contributed by atoms with Gasteiger partial charge in [-0.05, 0) is 64.1 Å². The van der Waals surface area contributed by atoms with Crippen molar-refractivity contribution in [2.45, 2.75) is 26.7 Å². The van der Waals surface area contributed by atoms with Gasteiger partial charge in [0.1, 0.15) is 0 Å². The van der Waals surface area contributed by atoms with Crippen LogP contribution in [0.25, 0.3) is 29.0 Å². The first-order valence-corrected chi connectivity index (χ1v) is 7.34. The molecular formula is C20H22. The Hall–Kier alpha value is -2.08. The fourth-order valence-corrected chi connectivity index (χ4v) is 2.62.